The molecule has 3 nitrogen and oxygen atoms in total. The average Bonchev–Trinajstić information content (AvgIpc) is 2.47. The summed E-state index contributed by atoms with van der Waals surface area (Å²) in [6.07, 6.45) is -7.79. The SMILES string of the molecule is CSc1nc(C(F)(F)F)cc(=O)n1Cc1ccc(C(F)(F)F)cc1. The Bertz CT molecular complexity index is 780. The van der Waals surface area contributed by atoms with Crippen LogP contribution in [-0.2, 0) is 18.9 Å². The summed E-state index contributed by atoms with van der Waals surface area (Å²) in [7, 11) is 0. The van der Waals surface area contributed by atoms with Gasteiger partial charge in [-0.15, -0.1) is 0 Å². The van der Waals surface area contributed by atoms with Crippen LogP contribution in [0.25, 0.3) is 0 Å². The van der Waals surface area contributed by atoms with Crippen molar-refractivity contribution in [2.75, 3.05) is 6.26 Å². The molecule has 10 heteroatoms. The quantitative estimate of drug-likeness (QED) is 0.466. The van der Waals surface area contributed by atoms with Gasteiger partial charge < -0.3 is 0 Å². The molecule has 0 radical (unpaired) electrons. The van der Waals surface area contributed by atoms with E-state index in [1.165, 1.54) is 6.26 Å². The normalized spacial score (nSPS) is 12.5. The number of hydrogen-bond donors (Lipinski definition) is 0. The van der Waals surface area contributed by atoms with Gasteiger partial charge in [0, 0.05) is 6.07 Å². The summed E-state index contributed by atoms with van der Waals surface area (Å²) in [5, 5.41) is -0.172. The molecule has 130 valence electrons. The number of thioether (sulfide) groups is 1. The summed E-state index contributed by atoms with van der Waals surface area (Å²) in [5.74, 6) is 0. The molecule has 0 unspecified atom stereocenters. The second-order valence-electron chi connectivity index (χ2n) is 4.74. The summed E-state index contributed by atoms with van der Waals surface area (Å²) in [6, 6.07) is 4.38. The molecule has 24 heavy (non-hydrogen) atoms. The number of alkyl halides is 6. The van der Waals surface area contributed by atoms with E-state index < -0.39 is 29.2 Å². The van der Waals surface area contributed by atoms with E-state index >= 15 is 0 Å². The van der Waals surface area contributed by atoms with E-state index in [2.05, 4.69) is 4.98 Å². The highest BCUT2D eigenvalue weighted by Crippen LogP contribution is 2.30. The average molecular weight is 368 g/mol. The van der Waals surface area contributed by atoms with Gasteiger partial charge in [-0.1, -0.05) is 23.9 Å². The Morgan fingerprint density at radius 1 is 1.04 bits per heavy atom. The maximum Gasteiger partial charge on any atom is 0.433 e. The van der Waals surface area contributed by atoms with Crippen LogP contribution in [0.1, 0.15) is 16.8 Å². The molecule has 0 aliphatic heterocycles. The molecule has 0 N–H and O–H groups in total. The van der Waals surface area contributed by atoms with Crippen molar-refractivity contribution in [3.05, 3.63) is 57.5 Å². The zero-order valence-electron chi connectivity index (χ0n) is 12.1. The van der Waals surface area contributed by atoms with Crippen LogP contribution in [0.3, 0.4) is 0 Å². The first-order valence-electron chi connectivity index (χ1n) is 6.41. The largest absolute Gasteiger partial charge is 0.433 e. The maximum atomic E-state index is 12.7. The molecular weight excluding hydrogens is 358 g/mol. The lowest BCUT2D eigenvalue weighted by Crippen LogP contribution is -2.26. The van der Waals surface area contributed by atoms with Crippen molar-refractivity contribution in [1.82, 2.24) is 9.55 Å². The molecule has 2 rings (SSSR count). The van der Waals surface area contributed by atoms with E-state index in [4.69, 9.17) is 0 Å². The van der Waals surface area contributed by atoms with Crippen LogP contribution in [0, 0.1) is 0 Å². The summed E-state index contributed by atoms with van der Waals surface area (Å²) >= 11 is 0.838. The third-order valence-electron chi connectivity index (χ3n) is 3.07. The Labute approximate surface area is 136 Å². The minimum atomic E-state index is -4.75. The molecule has 0 bridgehead atoms. The predicted octanol–water partition coefficient (Wildman–Crippen LogP) is 4.05. The standard InChI is InChI=1S/C14H10F6N2OS/c1-24-12-21-10(14(18,19)20)6-11(23)22(12)7-8-2-4-9(5-3-8)13(15,16)17/h2-6H,7H2,1H3. The maximum absolute atomic E-state index is 12.7. The van der Waals surface area contributed by atoms with E-state index in [-0.39, 0.29) is 11.7 Å². The first-order chi connectivity index (χ1) is 11.0. The second kappa shape index (κ2) is 6.50. The third-order valence-corrected chi connectivity index (χ3v) is 3.75. The first kappa shape index (κ1) is 18.4. The van der Waals surface area contributed by atoms with E-state index in [0.717, 1.165) is 40.6 Å². The van der Waals surface area contributed by atoms with Gasteiger partial charge in [-0.2, -0.15) is 26.3 Å². The molecule has 0 spiro atoms. The second-order valence-corrected chi connectivity index (χ2v) is 5.52. The Balaban J connectivity index is 2.38. The monoisotopic (exact) mass is 368 g/mol. The van der Waals surface area contributed by atoms with Crippen LogP contribution >= 0.6 is 11.8 Å². The summed E-state index contributed by atoms with van der Waals surface area (Å²) in [6.45, 7) is -0.182. The van der Waals surface area contributed by atoms with Gasteiger partial charge in [-0.25, -0.2) is 4.98 Å². The topological polar surface area (TPSA) is 34.9 Å². The fourth-order valence-electron chi connectivity index (χ4n) is 1.91. The van der Waals surface area contributed by atoms with E-state index in [1.54, 1.807) is 0 Å². The van der Waals surface area contributed by atoms with Crippen molar-refractivity contribution in [2.45, 2.75) is 24.1 Å². The molecule has 1 aromatic heterocycles. The van der Waals surface area contributed by atoms with Crippen LogP contribution in [0.2, 0.25) is 0 Å². The number of rotatable bonds is 3. The van der Waals surface area contributed by atoms with Crippen molar-refractivity contribution < 1.29 is 26.3 Å². The smallest absolute Gasteiger partial charge is 0.283 e. The summed E-state index contributed by atoms with van der Waals surface area (Å²) in [5.41, 5.74) is -2.75. The fraction of sp³-hybridized carbons (Fsp3) is 0.286. The Morgan fingerprint density at radius 3 is 2.08 bits per heavy atom. The number of aromatic nitrogens is 2. The lowest BCUT2D eigenvalue weighted by molar-refractivity contribution is -0.142. The zero-order chi connectivity index (χ0) is 18.1. The minimum absolute atomic E-state index is 0.172. The van der Waals surface area contributed by atoms with Crippen LogP contribution < -0.4 is 5.56 Å². The molecule has 0 fully saturated rings. The van der Waals surface area contributed by atoms with Crippen LogP contribution in [0.4, 0.5) is 26.3 Å². The van der Waals surface area contributed by atoms with Gasteiger partial charge in [0.05, 0.1) is 12.1 Å². The van der Waals surface area contributed by atoms with Crippen LogP contribution in [0.5, 0.6) is 0 Å². The molecule has 2 aromatic rings. The van der Waals surface area contributed by atoms with Gasteiger partial charge in [-0.05, 0) is 24.0 Å². The van der Waals surface area contributed by atoms with Gasteiger partial charge in [0.25, 0.3) is 5.56 Å². The van der Waals surface area contributed by atoms with Gasteiger partial charge >= 0.3 is 12.4 Å². The Morgan fingerprint density at radius 2 is 1.62 bits per heavy atom. The number of nitrogens with zero attached hydrogens (tertiary/aromatic N) is 2. The van der Waals surface area contributed by atoms with E-state index in [9.17, 15) is 31.1 Å². The van der Waals surface area contributed by atoms with Crippen molar-refractivity contribution in [1.29, 1.82) is 0 Å². The molecule has 0 saturated heterocycles. The molecule has 0 saturated carbocycles. The predicted molar refractivity (Wildman–Crippen MR) is 75.8 cm³/mol. The van der Waals surface area contributed by atoms with Gasteiger partial charge in [0.2, 0.25) is 0 Å². The van der Waals surface area contributed by atoms with Gasteiger partial charge in [0.15, 0.2) is 10.9 Å². The van der Waals surface area contributed by atoms with Gasteiger partial charge in [-0.3, -0.25) is 9.36 Å². The number of hydrogen-bond acceptors (Lipinski definition) is 3. The zero-order valence-corrected chi connectivity index (χ0v) is 12.9. The third kappa shape index (κ3) is 4.11. The van der Waals surface area contributed by atoms with Crippen molar-refractivity contribution in [3.63, 3.8) is 0 Å². The molecule has 1 aromatic carbocycles. The van der Waals surface area contributed by atoms with Crippen molar-refractivity contribution in [2.24, 2.45) is 0 Å². The fourth-order valence-corrected chi connectivity index (χ4v) is 2.48. The molecule has 0 aliphatic carbocycles. The van der Waals surface area contributed by atoms with E-state index in [1.807, 2.05) is 0 Å². The van der Waals surface area contributed by atoms with E-state index in [0.29, 0.717) is 11.6 Å². The van der Waals surface area contributed by atoms with Crippen LogP contribution in [0.15, 0.2) is 40.3 Å². The highest BCUT2D eigenvalue weighted by molar-refractivity contribution is 7.98. The summed E-state index contributed by atoms with van der Waals surface area (Å²) in [4.78, 5) is 15.3. The highest BCUT2D eigenvalue weighted by Gasteiger charge is 2.34. The molecule has 1 heterocycles. The molecule has 0 amide bonds. The summed E-state index contributed by atoms with van der Waals surface area (Å²) < 4.78 is 76.5. The molecule has 0 aliphatic rings. The number of benzene rings is 1. The number of halogens is 6. The molecular formula is C14H10F6N2OS. The molecule has 0 atom stereocenters. The first-order valence-corrected chi connectivity index (χ1v) is 7.64. The van der Waals surface area contributed by atoms with Gasteiger partial charge in [0.1, 0.15) is 0 Å². The van der Waals surface area contributed by atoms with Crippen LogP contribution in [-0.4, -0.2) is 15.8 Å². The van der Waals surface area contributed by atoms with Crippen molar-refractivity contribution >= 4 is 11.8 Å². The Kier molecular flexibility index (Phi) is 4.97. The minimum Gasteiger partial charge on any atom is -0.283 e. The Hall–Kier alpha value is -1.97. The van der Waals surface area contributed by atoms with Crippen molar-refractivity contribution in [3.8, 4) is 0 Å². The highest BCUT2D eigenvalue weighted by atomic mass is 32.2. The lowest BCUT2D eigenvalue weighted by atomic mass is 10.1. The lowest BCUT2D eigenvalue weighted by Gasteiger charge is -2.14.